The molecule has 1 saturated carbocycles. The molecular formula is C10H16N4O. The summed E-state index contributed by atoms with van der Waals surface area (Å²) in [5, 5.41) is 3.20. The lowest BCUT2D eigenvalue weighted by atomic mass is 10.4. The largest absolute Gasteiger partial charge is 0.347 e. The minimum absolute atomic E-state index is 0.110. The topological polar surface area (TPSA) is 61.0 Å². The molecule has 82 valence electrons. The van der Waals surface area contributed by atoms with Gasteiger partial charge in [0, 0.05) is 25.5 Å². The zero-order valence-corrected chi connectivity index (χ0v) is 8.86. The molecule has 0 atom stereocenters. The van der Waals surface area contributed by atoms with E-state index in [1.165, 1.54) is 12.8 Å². The predicted molar refractivity (Wildman–Crippen MR) is 56.1 cm³/mol. The van der Waals surface area contributed by atoms with Crippen LogP contribution in [0.25, 0.3) is 0 Å². The number of hydrogen-bond donors (Lipinski definition) is 2. The van der Waals surface area contributed by atoms with Gasteiger partial charge in [-0.1, -0.05) is 0 Å². The third kappa shape index (κ3) is 3.06. The molecule has 2 N–H and O–H groups in total. The molecule has 0 bridgehead atoms. The van der Waals surface area contributed by atoms with Gasteiger partial charge >= 0.3 is 0 Å². The van der Waals surface area contributed by atoms with Crippen molar-refractivity contribution in [3.05, 3.63) is 18.2 Å². The molecule has 1 amide bonds. The van der Waals surface area contributed by atoms with Crippen LogP contribution in [0.4, 0.5) is 0 Å². The molecule has 0 saturated heterocycles. The van der Waals surface area contributed by atoms with Gasteiger partial charge in [-0.25, -0.2) is 4.98 Å². The Hall–Kier alpha value is -1.36. The van der Waals surface area contributed by atoms with E-state index in [1.54, 1.807) is 24.3 Å². The Labute approximate surface area is 88.9 Å². The van der Waals surface area contributed by atoms with E-state index in [4.69, 9.17) is 0 Å². The average Bonchev–Trinajstić information content (AvgIpc) is 2.92. The molecule has 1 aliphatic rings. The van der Waals surface area contributed by atoms with Crippen molar-refractivity contribution in [2.45, 2.75) is 25.4 Å². The Morgan fingerprint density at radius 3 is 3.13 bits per heavy atom. The first-order valence-corrected chi connectivity index (χ1v) is 5.21. The molecule has 1 fully saturated rings. The summed E-state index contributed by atoms with van der Waals surface area (Å²) < 4.78 is 0. The summed E-state index contributed by atoms with van der Waals surface area (Å²) in [7, 11) is 1.79. The molecule has 0 unspecified atom stereocenters. The van der Waals surface area contributed by atoms with E-state index < -0.39 is 0 Å². The van der Waals surface area contributed by atoms with Crippen LogP contribution in [0, 0.1) is 0 Å². The molecule has 0 spiro atoms. The number of H-pyrrole nitrogens is 1. The molecular weight excluding hydrogens is 192 g/mol. The number of amides is 1. The first-order valence-electron chi connectivity index (χ1n) is 5.21. The fourth-order valence-electron chi connectivity index (χ4n) is 1.35. The normalized spacial score (nSPS) is 15.3. The summed E-state index contributed by atoms with van der Waals surface area (Å²) >= 11 is 0. The SMILES string of the molecule is CN(Cc1ncc[nH]1)C(=O)CNC1CC1. The van der Waals surface area contributed by atoms with E-state index in [1.807, 2.05) is 0 Å². The van der Waals surface area contributed by atoms with Gasteiger partial charge in [0.25, 0.3) is 0 Å². The van der Waals surface area contributed by atoms with Crippen molar-refractivity contribution in [2.24, 2.45) is 0 Å². The fraction of sp³-hybridized carbons (Fsp3) is 0.600. The highest BCUT2D eigenvalue weighted by Crippen LogP contribution is 2.18. The molecule has 0 radical (unpaired) electrons. The molecule has 5 nitrogen and oxygen atoms in total. The Bertz CT molecular complexity index is 318. The Morgan fingerprint density at radius 2 is 2.53 bits per heavy atom. The zero-order chi connectivity index (χ0) is 10.7. The number of aromatic nitrogens is 2. The highest BCUT2D eigenvalue weighted by Gasteiger charge is 2.22. The number of carbonyl (C=O) groups excluding carboxylic acids is 1. The van der Waals surface area contributed by atoms with Crippen LogP contribution in [-0.2, 0) is 11.3 Å². The molecule has 15 heavy (non-hydrogen) atoms. The lowest BCUT2D eigenvalue weighted by Crippen LogP contribution is -2.36. The third-order valence-corrected chi connectivity index (χ3v) is 2.49. The second-order valence-corrected chi connectivity index (χ2v) is 3.94. The summed E-state index contributed by atoms with van der Waals surface area (Å²) in [4.78, 5) is 20.3. The molecule has 5 heteroatoms. The maximum absolute atomic E-state index is 11.6. The summed E-state index contributed by atoms with van der Waals surface area (Å²) in [6.07, 6.45) is 5.86. The molecule has 0 aromatic carbocycles. The number of nitrogens with zero attached hydrogens (tertiary/aromatic N) is 2. The number of aromatic amines is 1. The van der Waals surface area contributed by atoms with Crippen LogP contribution in [0.5, 0.6) is 0 Å². The van der Waals surface area contributed by atoms with Crippen LogP contribution >= 0.6 is 0 Å². The number of carbonyl (C=O) groups is 1. The number of hydrogen-bond acceptors (Lipinski definition) is 3. The molecule has 1 aromatic rings. The second-order valence-electron chi connectivity index (χ2n) is 3.94. The van der Waals surface area contributed by atoms with Crippen molar-refractivity contribution in [3.8, 4) is 0 Å². The molecule has 0 aliphatic heterocycles. The lowest BCUT2D eigenvalue weighted by molar-refractivity contribution is -0.129. The smallest absolute Gasteiger partial charge is 0.236 e. The van der Waals surface area contributed by atoms with Crippen molar-refractivity contribution >= 4 is 5.91 Å². The van der Waals surface area contributed by atoms with Gasteiger partial charge < -0.3 is 15.2 Å². The van der Waals surface area contributed by atoms with E-state index >= 15 is 0 Å². The molecule has 1 heterocycles. The van der Waals surface area contributed by atoms with Crippen LogP contribution in [0.2, 0.25) is 0 Å². The second kappa shape index (κ2) is 4.44. The van der Waals surface area contributed by atoms with Gasteiger partial charge in [-0.15, -0.1) is 0 Å². The average molecular weight is 208 g/mol. The van der Waals surface area contributed by atoms with Crippen LogP contribution in [-0.4, -0.2) is 40.4 Å². The highest BCUT2D eigenvalue weighted by atomic mass is 16.2. The number of nitrogens with one attached hydrogen (secondary N) is 2. The zero-order valence-electron chi connectivity index (χ0n) is 8.86. The van der Waals surface area contributed by atoms with Crippen molar-refractivity contribution in [1.82, 2.24) is 20.2 Å². The maximum atomic E-state index is 11.6. The van der Waals surface area contributed by atoms with Crippen molar-refractivity contribution < 1.29 is 4.79 Å². The van der Waals surface area contributed by atoms with Crippen LogP contribution in [0.15, 0.2) is 12.4 Å². The lowest BCUT2D eigenvalue weighted by Gasteiger charge is -2.15. The maximum Gasteiger partial charge on any atom is 0.236 e. The first-order chi connectivity index (χ1) is 7.25. The van der Waals surface area contributed by atoms with Gasteiger partial charge in [0.05, 0.1) is 13.1 Å². The monoisotopic (exact) mass is 208 g/mol. The van der Waals surface area contributed by atoms with E-state index in [0.717, 1.165) is 5.82 Å². The summed E-state index contributed by atoms with van der Waals surface area (Å²) in [6.45, 7) is 0.972. The third-order valence-electron chi connectivity index (χ3n) is 2.49. The summed E-state index contributed by atoms with van der Waals surface area (Å²) in [6, 6.07) is 0.575. The van der Waals surface area contributed by atoms with Gasteiger partial charge in [-0.05, 0) is 12.8 Å². The number of rotatable bonds is 5. The van der Waals surface area contributed by atoms with Gasteiger partial charge in [-0.3, -0.25) is 4.79 Å². The Balaban J connectivity index is 1.73. The highest BCUT2D eigenvalue weighted by molar-refractivity contribution is 5.77. The first kappa shape index (κ1) is 10.2. The number of imidazole rings is 1. The molecule has 2 rings (SSSR count). The quantitative estimate of drug-likeness (QED) is 0.722. The minimum Gasteiger partial charge on any atom is -0.347 e. The number of likely N-dealkylation sites (N-methyl/N-ethyl adjacent to an activating group) is 1. The minimum atomic E-state index is 0.110. The summed E-state index contributed by atoms with van der Waals surface area (Å²) in [5.41, 5.74) is 0. The van der Waals surface area contributed by atoms with Crippen molar-refractivity contribution in [3.63, 3.8) is 0 Å². The van der Waals surface area contributed by atoms with Crippen molar-refractivity contribution in [2.75, 3.05) is 13.6 Å². The fourth-order valence-corrected chi connectivity index (χ4v) is 1.35. The van der Waals surface area contributed by atoms with Gasteiger partial charge in [0.15, 0.2) is 0 Å². The van der Waals surface area contributed by atoms with Crippen molar-refractivity contribution in [1.29, 1.82) is 0 Å². The van der Waals surface area contributed by atoms with Crippen LogP contribution in [0.1, 0.15) is 18.7 Å². The van der Waals surface area contributed by atoms with E-state index in [9.17, 15) is 4.79 Å². The van der Waals surface area contributed by atoms with E-state index in [2.05, 4.69) is 15.3 Å². The van der Waals surface area contributed by atoms with E-state index in [0.29, 0.717) is 19.1 Å². The summed E-state index contributed by atoms with van der Waals surface area (Å²) in [5.74, 6) is 0.926. The van der Waals surface area contributed by atoms with Gasteiger partial charge in [-0.2, -0.15) is 0 Å². The Kier molecular flexibility index (Phi) is 3.01. The van der Waals surface area contributed by atoms with Crippen LogP contribution in [0.3, 0.4) is 0 Å². The molecule has 1 aliphatic carbocycles. The van der Waals surface area contributed by atoms with Gasteiger partial charge in [0.1, 0.15) is 5.82 Å². The van der Waals surface area contributed by atoms with Gasteiger partial charge in [0.2, 0.25) is 5.91 Å². The van der Waals surface area contributed by atoms with E-state index in [-0.39, 0.29) is 5.91 Å². The predicted octanol–water partition coefficient (Wildman–Crippen LogP) is 0.120. The van der Waals surface area contributed by atoms with Crippen LogP contribution < -0.4 is 5.32 Å². The standard InChI is InChI=1S/C10H16N4O/c1-14(7-9-11-4-5-12-9)10(15)6-13-8-2-3-8/h4-5,8,13H,2-3,6-7H2,1H3,(H,11,12). The Morgan fingerprint density at radius 1 is 1.73 bits per heavy atom. The molecule has 1 aromatic heterocycles.